The van der Waals surface area contributed by atoms with E-state index in [4.69, 9.17) is 0 Å². The van der Waals surface area contributed by atoms with Crippen molar-refractivity contribution in [1.29, 1.82) is 0 Å². The summed E-state index contributed by atoms with van der Waals surface area (Å²) < 4.78 is 0. The molecule has 0 rings (SSSR count). The zero-order chi connectivity index (χ0) is 23.2. The van der Waals surface area contributed by atoms with E-state index in [1.807, 2.05) is 0 Å². The van der Waals surface area contributed by atoms with Crippen LogP contribution < -0.4 is 0 Å². The van der Waals surface area contributed by atoms with E-state index in [0.29, 0.717) is 0 Å². The van der Waals surface area contributed by atoms with Crippen LogP contribution in [-0.4, -0.2) is 18.8 Å². The average molecular weight is 425 g/mol. The zero-order valence-electron chi connectivity index (χ0n) is 21.1. The molecule has 0 radical (unpaired) electrons. The Labute approximate surface area is 188 Å². The first-order chi connectivity index (χ1) is 14.0. The lowest BCUT2D eigenvalue weighted by atomic mass is 9.97. The van der Waals surface area contributed by atoms with Crippen molar-refractivity contribution in [3.63, 3.8) is 0 Å². The second kappa shape index (κ2) is 14.4. The Morgan fingerprint density at radius 3 is 1.27 bits per heavy atom. The summed E-state index contributed by atoms with van der Waals surface area (Å²) in [5.74, 6) is 16.8. The van der Waals surface area contributed by atoms with Gasteiger partial charge in [-0.15, -0.1) is 5.54 Å². The topological polar surface area (TPSA) is 20.2 Å². The van der Waals surface area contributed by atoms with Crippen LogP contribution in [0.1, 0.15) is 92.9 Å². The molecule has 0 bridgehead atoms. The monoisotopic (exact) mass is 424 g/mol. The lowest BCUT2D eigenvalue weighted by molar-refractivity contribution is 0.143. The van der Waals surface area contributed by atoms with Crippen LogP contribution >= 0.6 is 0 Å². The smallest absolute Gasteiger partial charge is 0.129 e. The Morgan fingerprint density at radius 2 is 0.967 bits per heavy atom. The lowest BCUT2D eigenvalue weighted by Crippen LogP contribution is -2.16. The molecule has 0 aromatic heterocycles. The van der Waals surface area contributed by atoms with Gasteiger partial charge in [-0.05, 0) is 39.5 Å². The number of hydrogen-bond acceptors (Lipinski definition) is 1. The van der Waals surface area contributed by atoms with Gasteiger partial charge in [0.25, 0.3) is 0 Å². The molecule has 0 aromatic rings. The van der Waals surface area contributed by atoms with Gasteiger partial charge in [0.05, 0.1) is 0 Å². The van der Waals surface area contributed by atoms with Crippen molar-refractivity contribution < 1.29 is 5.11 Å². The molecule has 0 aliphatic rings. The Balaban J connectivity index is 6.53. The maximum absolute atomic E-state index is 10.0. The molecular formula is C28H44OSi. The molecule has 0 fully saturated rings. The van der Waals surface area contributed by atoms with Crippen LogP contribution in [-0.2, 0) is 0 Å². The summed E-state index contributed by atoms with van der Waals surface area (Å²) in [6, 6.07) is 0. The van der Waals surface area contributed by atoms with Gasteiger partial charge >= 0.3 is 0 Å². The molecule has 0 aliphatic carbocycles. The summed E-state index contributed by atoms with van der Waals surface area (Å²) >= 11 is 0. The van der Waals surface area contributed by atoms with Gasteiger partial charge in [0.2, 0.25) is 0 Å². The van der Waals surface area contributed by atoms with Gasteiger partial charge in [0.15, 0.2) is 0 Å². The van der Waals surface area contributed by atoms with Gasteiger partial charge in [-0.25, -0.2) is 0 Å². The van der Waals surface area contributed by atoms with Crippen LogP contribution in [0.5, 0.6) is 0 Å². The van der Waals surface area contributed by atoms with Crippen LogP contribution in [0.2, 0.25) is 19.6 Å². The molecule has 0 amide bonds. The van der Waals surface area contributed by atoms with Crippen molar-refractivity contribution >= 4 is 8.07 Å². The highest BCUT2D eigenvalue weighted by Crippen LogP contribution is 2.19. The Bertz CT molecular complexity index is 712. The molecule has 166 valence electrons. The molecule has 0 saturated heterocycles. The van der Waals surface area contributed by atoms with E-state index >= 15 is 0 Å². The van der Waals surface area contributed by atoms with Gasteiger partial charge in [0, 0.05) is 22.3 Å². The van der Waals surface area contributed by atoms with Gasteiger partial charge in [0.1, 0.15) is 13.7 Å². The molecule has 0 aliphatic heterocycles. The van der Waals surface area contributed by atoms with Crippen molar-refractivity contribution in [1.82, 2.24) is 0 Å². The van der Waals surface area contributed by atoms with E-state index in [-0.39, 0.29) is 0 Å². The highest BCUT2D eigenvalue weighted by atomic mass is 28.3. The minimum atomic E-state index is -1.43. The van der Waals surface area contributed by atoms with Crippen molar-refractivity contribution in [3.8, 4) is 35.1 Å². The third kappa shape index (κ3) is 13.5. The lowest BCUT2D eigenvalue weighted by Gasteiger charge is -2.09. The van der Waals surface area contributed by atoms with E-state index in [0.717, 1.165) is 62.5 Å². The second-order valence-corrected chi connectivity index (χ2v) is 14.2. The normalized spacial score (nSPS) is 13.0. The van der Waals surface area contributed by atoms with Crippen molar-refractivity contribution in [2.45, 2.75) is 118 Å². The molecule has 0 saturated carbocycles. The van der Waals surface area contributed by atoms with Gasteiger partial charge in [-0.3, -0.25) is 0 Å². The molecule has 0 spiro atoms. The summed E-state index contributed by atoms with van der Waals surface area (Å²) in [5.41, 5.74) is 7.18. The van der Waals surface area contributed by atoms with Crippen molar-refractivity contribution in [2.24, 2.45) is 0 Å². The molecule has 1 N–H and O–H groups in total. The summed E-state index contributed by atoms with van der Waals surface area (Å²) in [6.45, 7) is 19.1. The third-order valence-electron chi connectivity index (χ3n) is 4.20. The number of allylic oxidation sites excluding steroid dienone is 4. The van der Waals surface area contributed by atoms with Crippen molar-refractivity contribution in [3.05, 3.63) is 22.3 Å². The van der Waals surface area contributed by atoms with Crippen LogP contribution in [0.25, 0.3) is 0 Å². The highest BCUT2D eigenvalue weighted by Gasteiger charge is 2.10. The molecule has 30 heavy (non-hydrogen) atoms. The van der Waals surface area contributed by atoms with Crippen LogP contribution in [0.3, 0.4) is 0 Å². The van der Waals surface area contributed by atoms with Crippen LogP contribution in [0, 0.1) is 35.1 Å². The summed E-state index contributed by atoms with van der Waals surface area (Å²) in [5, 5.41) is 10.0. The zero-order valence-corrected chi connectivity index (χ0v) is 22.1. The summed E-state index contributed by atoms with van der Waals surface area (Å²) in [4.78, 5) is 0. The minimum Gasteiger partial charge on any atom is -0.378 e. The Morgan fingerprint density at radius 1 is 0.633 bits per heavy atom. The summed E-state index contributed by atoms with van der Waals surface area (Å²) in [7, 11) is -1.43. The first-order valence-corrected chi connectivity index (χ1v) is 15.2. The first-order valence-electron chi connectivity index (χ1n) is 11.7. The van der Waals surface area contributed by atoms with E-state index in [2.05, 4.69) is 82.5 Å². The minimum absolute atomic E-state index is 0.900. The Kier molecular flexibility index (Phi) is 13.6. The highest BCUT2D eigenvalue weighted by molar-refractivity contribution is 6.83. The van der Waals surface area contributed by atoms with Gasteiger partial charge < -0.3 is 5.11 Å². The molecule has 0 unspecified atom stereocenters. The maximum atomic E-state index is 10.0. The first kappa shape index (κ1) is 28.3. The number of aliphatic hydroxyl groups is 1. The van der Waals surface area contributed by atoms with Gasteiger partial charge in [-0.2, -0.15) is 0 Å². The average Bonchev–Trinajstić information content (AvgIpc) is 2.63. The molecule has 2 heteroatoms. The van der Waals surface area contributed by atoms with E-state index < -0.39 is 13.7 Å². The number of rotatable bonds is 8. The quantitative estimate of drug-likeness (QED) is 0.317. The third-order valence-corrected chi connectivity index (χ3v) is 5.08. The Hall–Kier alpha value is -1.66. The molecule has 0 aromatic carbocycles. The molecular weight excluding hydrogens is 380 g/mol. The molecule has 0 heterocycles. The SMILES string of the molecule is CCC/C(C#C/C(CCC)=C(/C#C[Si](C)(C)C)CCC)=C(\C#CC(C)(C)O)CCC. The van der Waals surface area contributed by atoms with Crippen molar-refractivity contribution in [2.75, 3.05) is 0 Å². The second-order valence-electron chi connectivity index (χ2n) is 9.47. The van der Waals surface area contributed by atoms with Crippen LogP contribution in [0.4, 0.5) is 0 Å². The number of hydrogen-bond donors (Lipinski definition) is 1. The largest absolute Gasteiger partial charge is 0.378 e. The fourth-order valence-corrected chi connectivity index (χ4v) is 3.32. The van der Waals surface area contributed by atoms with E-state index in [9.17, 15) is 5.11 Å². The summed E-state index contributed by atoms with van der Waals surface area (Å²) in [6.07, 6.45) is 7.99. The fourth-order valence-electron chi connectivity index (χ4n) is 2.80. The fraction of sp³-hybridized carbons (Fsp3) is 0.643. The predicted octanol–water partition coefficient (Wildman–Crippen LogP) is 7.44. The maximum Gasteiger partial charge on any atom is 0.129 e. The van der Waals surface area contributed by atoms with Crippen LogP contribution in [0.15, 0.2) is 22.3 Å². The molecule has 1 nitrogen and oxygen atoms in total. The van der Waals surface area contributed by atoms with Gasteiger partial charge in [-0.1, -0.05) is 103 Å². The van der Waals surface area contributed by atoms with E-state index in [1.165, 1.54) is 11.1 Å². The molecule has 0 atom stereocenters. The van der Waals surface area contributed by atoms with E-state index in [1.54, 1.807) is 13.8 Å². The standard InChI is InChI=1S/C28H44OSi/c1-10-14-24(26(16-12-3)20-22-28(5,6)29)18-19-25(15-11-2)27(17-13-4)21-23-30(7,8)9/h29H,10-17H2,1-9H3/b26-24+,27-25+. The predicted molar refractivity (Wildman–Crippen MR) is 137 cm³/mol.